The van der Waals surface area contributed by atoms with Gasteiger partial charge in [0.15, 0.2) is 6.10 Å². The van der Waals surface area contributed by atoms with Crippen molar-refractivity contribution >= 4 is 22.7 Å². The van der Waals surface area contributed by atoms with Gasteiger partial charge in [0, 0.05) is 16.5 Å². The van der Waals surface area contributed by atoms with Gasteiger partial charge >= 0.3 is 5.97 Å². The molecule has 5 heteroatoms. The molecule has 5 nitrogen and oxygen atoms in total. The third-order valence-corrected chi connectivity index (χ3v) is 5.56. The first-order valence-electron chi connectivity index (χ1n) is 10.7. The molecule has 166 valence electrons. The Balaban J connectivity index is 1.69. The highest BCUT2D eigenvalue weighted by Crippen LogP contribution is 2.28. The molecule has 33 heavy (non-hydrogen) atoms. The highest BCUT2D eigenvalue weighted by atomic mass is 16.5. The van der Waals surface area contributed by atoms with E-state index in [2.05, 4.69) is 0 Å². The van der Waals surface area contributed by atoms with Crippen LogP contribution in [0.1, 0.15) is 38.8 Å². The van der Waals surface area contributed by atoms with Crippen molar-refractivity contribution in [2.75, 3.05) is 7.11 Å². The van der Waals surface area contributed by atoms with Gasteiger partial charge in [-0.25, -0.2) is 9.78 Å². The summed E-state index contributed by atoms with van der Waals surface area (Å²) in [7, 11) is 1.61. The largest absolute Gasteiger partial charge is 0.497 e. The Hall–Kier alpha value is -3.99. The van der Waals surface area contributed by atoms with Crippen molar-refractivity contribution in [2.24, 2.45) is 0 Å². The summed E-state index contributed by atoms with van der Waals surface area (Å²) >= 11 is 0. The summed E-state index contributed by atoms with van der Waals surface area (Å²) in [5, 5.41) is 0.687. The molecule has 0 spiro atoms. The van der Waals surface area contributed by atoms with Crippen LogP contribution in [-0.2, 0) is 4.74 Å². The molecule has 0 fully saturated rings. The van der Waals surface area contributed by atoms with Crippen LogP contribution in [0.4, 0.5) is 0 Å². The van der Waals surface area contributed by atoms with E-state index in [0.29, 0.717) is 27.7 Å². The number of benzene rings is 3. The number of ether oxygens (including phenoxy) is 2. The molecule has 1 aromatic heterocycles. The summed E-state index contributed by atoms with van der Waals surface area (Å²) in [6.45, 7) is 5.50. The predicted molar refractivity (Wildman–Crippen MR) is 129 cm³/mol. The number of esters is 1. The zero-order valence-electron chi connectivity index (χ0n) is 19.1. The first-order valence-corrected chi connectivity index (χ1v) is 10.7. The zero-order valence-corrected chi connectivity index (χ0v) is 19.1. The van der Waals surface area contributed by atoms with Crippen LogP contribution < -0.4 is 4.74 Å². The topological polar surface area (TPSA) is 65.5 Å². The summed E-state index contributed by atoms with van der Waals surface area (Å²) in [5.41, 5.74) is 5.10. The molecule has 0 unspecified atom stereocenters. The third-order valence-electron chi connectivity index (χ3n) is 5.56. The number of Topliss-reactive ketones (excluding diaryl/α,β-unsaturated/α-hetero) is 1. The van der Waals surface area contributed by atoms with E-state index in [9.17, 15) is 9.59 Å². The van der Waals surface area contributed by atoms with Crippen molar-refractivity contribution in [3.63, 3.8) is 0 Å². The lowest BCUT2D eigenvalue weighted by atomic mass is 10.0. The van der Waals surface area contributed by atoms with Gasteiger partial charge in [-0.05, 0) is 63.2 Å². The van der Waals surface area contributed by atoms with Crippen LogP contribution >= 0.6 is 0 Å². The van der Waals surface area contributed by atoms with E-state index >= 15 is 0 Å². The van der Waals surface area contributed by atoms with E-state index in [0.717, 1.165) is 22.4 Å². The number of methoxy groups -OCH3 is 1. The molecule has 4 aromatic rings. The van der Waals surface area contributed by atoms with Crippen LogP contribution in [0.15, 0.2) is 72.8 Å². The quantitative estimate of drug-likeness (QED) is 0.274. The minimum absolute atomic E-state index is 0.242. The van der Waals surface area contributed by atoms with Crippen LogP contribution in [0.25, 0.3) is 22.2 Å². The van der Waals surface area contributed by atoms with Gasteiger partial charge < -0.3 is 9.47 Å². The Bertz CT molecular complexity index is 1320. The second-order valence-electron chi connectivity index (χ2n) is 8.08. The summed E-state index contributed by atoms with van der Waals surface area (Å²) in [6, 6.07) is 22.1. The number of carbonyl (C=O) groups excluding carboxylic acids is 2. The molecule has 0 aliphatic rings. The highest BCUT2D eigenvalue weighted by Gasteiger charge is 2.23. The number of hydrogen-bond donors (Lipinski definition) is 0. The number of ketones is 1. The Morgan fingerprint density at radius 1 is 0.848 bits per heavy atom. The lowest BCUT2D eigenvalue weighted by Gasteiger charge is -2.15. The normalized spacial score (nSPS) is 11.8. The van der Waals surface area contributed by atoms with Gasteiger partial charge in [0.2, 0.25) is 5.78 Å². The van der Waals surface area contributed by atoms with Crippen LogP contribution in [0.5, 0.6) is 5.75 Å². The van der Waals surface area contributed by atoms with Crippen molar-refractivity contribution < 1.29 is 19.1 Å². The molecule has 0 saturated heterocycles. The molecule has 0 amide bonds. The molecule has 0 saturated carbocycles. The van der Waals surface area contributed by atoms with Crippen molar-refractivity contribution in [3.8, 4) is 17.0 Å². The van der Waals surface area contributed by atoms with Crippen molar-refractivity contribution in [1.82, 2.24) is 4.98 Å². The highest BCUT2D eigenvalue weighted by molar-refractivity contribution is 6.07. The average molecular weight is 440 g/mol. The predicted octanol–water partition coefficient (Wildman–Crippen LogP) is 5.96. The first kappa shape index (κ1) is 22.2. The Labute approximate surface area is 193 Å². The number of aryl methyl sites for hydroxylation is 2. The monoisotopic (exact) mass is 439 g/mol. The summed E-state index contributed by atoms with van der Waals surface area (Å²) in [6.07, 6.45) is -0.919. The maximum absolute atomic E-state index is 13.2. The minimum atomic E-state index is -0.919. The van der Waals surface area contributed by atoms with E-state index in [1.54, 1.807) is 32.2 Å². The average Bonchev–Trinajstić information content (AvgIpc) is 2.83. The lowest BCUT2D eigenvalue weighted by molar-refractivity contribution is 0.0320. The smallest absolute Gasteiger partial charge is 0.339 e. The van der Waals surface area contributed by atoms with Crippen LogP contribution in [0.2, 0.25) is 0 Å². The number of fused-ring (bicyclic) bond motifs is 1. The summed E-state index contributed by atoms with van der Waals surface area (Å²) in [5.74, 6) is -0.0674. The SMILES string of the molecule is COc1ccc(-c2cc(C(=O)O[C@H](C)C(=O)c3ccc(C)cc3)c3cc(C)ccc3n2)cc1. The maximum atomic E-state index is 13.2. The van der Waals surface area contributed by atoms with E-state index in [1.165, 1.54) is 0 Å². The molecule has 0 bridgehead atoms. The van der Waals surface area contributed by atoms with Gasteiger partial charge in [0.05, 0.1) is 23.9 Å². The number of pyridine rings is 1. The molecule has 0 N–H and O–H groups in total. The van der Waals surface area contributed by atoms with E-state index in [1.807, 2.05) is 68.4 Å². The molecule has 4 rings (SSSR count). The van der Waals surface area contributed by atoms with Crippen LogP contribution in [0.3, 0.4) is 0 Å². The van der Waals surface area contributed by atoms with Gasteiger partial charge in [-0.3, -0.25) is 4.79 Å². The van der Waals surface area contributed by atoms with Gasteiger partial charge in [0.25, 0.3) is 0 Å². The van der Waals surface area contributed by atoms with Gasteiger partial charge in [-0.15, -0.1) is 0 Å². The standard InChI is InChI=1S/C28H25NO4/c1-17-5-8-21(9-6-17)27(30)19(3)33-28(31)24-16-26(20-10-12-22(32-4)13-11-20)29-25-14-7-18(2)15-23(24)25/h5-16,19H,1-4H3/t19-/m1/s1. The number of nitrogens with zero attached hydrogens (tertiary/aromatic N) is 1. The second-order valence-corrected chi connectivity index (χ2v) is 8.08. The Morgan fingerprint density at radius 2 is 1.52 bits per heavy atom. The molecule has 0 aliphatic carbocycles. The summed E-state index contributed by atoms with van der Waals surface area (Å²) in [4.78, 5) is 30.8. The van der Waals surface area contributed by atoms with Crippen molar-refractivity contribution in [2.45, 2.75) is 26.9 Å². The molecule has 1 heterocycles. The number of aromatic nitrogens is 1. The number of rotatable bonds is 6. The van der Waals surface area contributed by atoms with Crippen LogP contribution in [-0.4, -0.2) is 30.0 Å². The van der Waals surface area contributed by atoms with Gasteiger partial charge in [-0.2, -0.15) is 0 Å². The lowest BCUT2D eigenvalue weighted by Crippen LogP contribution is -2.24. The van der Waals surface area contributed by atoms with E-state index in [4.69, 9.17) is 14.5 Å². The van der Waals surface area contributed by atoms with Gasteiger partial charge in [-0.1, -0.05) is 41.5 Å². The minimum Gasteiger partial charge on any atom is -0.497 e. The number of carbonyl (C=O) groups is 2. The van der Waals surface area contributed by atoms with Gasteiger partial charge in [0.1, 0.15) is 5.75 Å². The fourth-order valence-corrected chi connectivity index (χ4v) is 3.65. The fourth-order valence-electron chi connectivity index (χ4n) is 3.65. The molecule has 3 aromatic carbocycles. The fraction of sp³-hybridized carbons (Fsp3) is 0.179. The van der Waals surface area contributed by atoms with Crippen molar-refractivity contribution in [3.05, 3.63) is 95.1 Å². The van der Waals surface area contributed by atoms with E-state index < -0.39 is 12.1 Å². The van der Waals surface area contributed by atoms with E-state index in [-0.39, 0.29) is 5.78 Å². The Kier molecular flexibility index (Phi) is 6.22. The van der Waals surface area contributed by atoms with Crippen LogP contribution in [0, 0.1) is 13.8 Å². The molecular formula is C28H25NO4. The second kappa shape index (κ2) is 9.25. The molecule has 0 radical (unpaired) electrons. The first-order chi connectivity index (χ1) is 15.9. The summed E-state index contributed by atoms with van der Waals surface area (Å²) < 4.78 is 10.9. The molecule has 1 atom stereocenters. The molecule has 0 aliphatic heterocycles. The number of hydrogen-bond acceptors (Lipinski definition) is 5. The van der Waals surface area contributed by atoms with Crippen molar-refractivity contribution in [1.29, 1.82) is 0 Å². The zero-order chi connectivity index (χ0) is 23.5. The third kappa shape index (κ3) is 4.77. The Morgan fingerprint density at radius 3 is 2.18 bits per heavy atom. The maximum Gasteiger partial charge on any atom is 0.339 e. The molecular weight excluding hydrogens is 414 g/mol.